The van der Waals surface area contributed by atoms with Gasteiger partial charge in [-0.05, 0) is 32.3 Å². The molecule has 5 heteroatoms. The van der Waals surface area contributed by atoms with Crippen molar-refractivity contribution in [2.45, 2.75) is 59.4 Å². The molecule has 0 unspecified atom stereocenters. The molecule has 1 aromatic rings. The van der Waals surface area contributed by atoms with E-state index < -0.39 is 17.3 Å². The van der Waals surface area contributed by atoms with Gasteiger partial charge in [0.1, 0.15) is 17.5 Å². The molecule has 0 bridgehead atoms. The van der Waals surface area contributed by atoms with Crippen LogP contribution in [0.3, 0.4) is 0 Å². The number of aliphatic hydroxyl groups is 1. The normalized spacial score (nSPS) is 26.6. The van der Waals surface area contributed by atoms with Crippen molar-refractivity contribution in [1.82, 2.24) is 0 Å². The molecule has 0 spiro atoms. The first-order valence-electron chi connectivity index (χ1n) is 7.58. The highest BCUT2D eigenvalue weighted by molar-refractivity contribution is 5.43. The zero-order valence-corrected chi connectivity index (χ0v) is 13.8. The number of ether oxygens (including phenoxy) is 1. The summed E-state index contributed by atoms with van der Waals surface area (Å²) in [7, 11) is 0. The lowest BCUT2D eigenvalue weighted by Gasteiger charge is -2.38. The van der Waals surface area contributed by atoms with Crippen molar-refractivity contribution in [3.8, 4) is 5.75 Å². The maximum Gasteiger partial charge on any atom is 0.342 e. The Labute approximate surface area is 130 Å². The zero-order valence-electron chi connectivity index (χ0n) is 13.8. The van der Waals surface area contributed by atoms with E-state index in [2.05, 4.69) is 19.9 Å². The second-order valence-electron chi connectivity index (χ2n) is 6.31. The molecule has 0 saturated heterocycles. The molecule has 0 aliphatic carbocycles. The summed E-state index contributed by atoms with van der Waals surface area (Å²) in [6.45, 7) is 9.19. The summed E-state index contributed by atoms with van der Waals surface area (Å²) < 4.78 is 11.0. The number of fused-ring (bicyclic) bond motifs is 1. The highest BCUT2D eigenvalue weighted by Gasteiger charge is 2.45. The third-order valence-electron chi connectivity index (χ3n) is 4.39. The van der Waals surface area contributed by atoms with Crippen LogP contribution in [0, 0.1) is 12.8 Å². The van der Waals surface area contributed by atoms with Crippen LogP contribution < -0.4 is 5.63 Å². The summed E-state index contributed by atoms with van der Waals surface area (Å²) in [6.07, 6.45) is 2.42. The SMILES string of the molecule is C/[13C](=C\[13C@@H](C)C[13CH3])[C@H]1OC[13c]2c(oc(=O)[13c](C)c2O)[13C@@]1(C)O. The van der Waals surface area contributed by atoms with Gasteiger partial charge in [-0.2, -0.15) is 0 Å². The highest BCUT2D eigenvalue weighted by Crippen LogP contribution is 2.41. The van der Waals surface area contributed by atoms with E-state index in [4.69, 9.17) is 9.15 Å². The lowest BCUT2D eigenvalue weighted by atomic mass is 10.3. The van der Waals surface area contributed by atoms with Gasteiger partial charge in [0, 0.05) is 0 Å². The van der Waals surface area contributed by atoms with Crippen molar-refractivity contribution >= 4 is 0 Å². The van der Waals surface area contributed by atoms with Gasteiger partial charge < -0.3 is 19.4 Å². The van der Waals surface area contributed by atoms with E-state index >= 15 is 0 Å². The maximum absolute atomic E-state index is 11.8. The Balaban J connectivity index is 2.51. The number of allylic oxidation sites excluding steroid dienone is 1. The predicted octanol–water partition coefficient (Wildman–Crippen LogP) is 2.75. The average molecular weight is 314 g/mol. The molecule has 0 radical (unpaired) electrons. The minimum atomic E-state index is -1.51. The fraction of sp³-hybridized carbons (Fsp3) is 0.588. The van der Waals surface area contributed by atoms with Crippen molar-refractivity contribution in [1.29, 1.82) is 0 Å². The molecule has 0 amide bonds. The molecule has 5 nitrogen and oxygen atoms in total. The second kappa shape index (κ2) is 5.89. The van der Waals surface area contributed by atoms with E-state index in [0.29, 0.717) is 11.5 Å². The van der Waals surface area contributed by atoms with Crippen molar-refractivity contribution in [2.75, 3.05) is 0 Å². The van der Waals surface area contributed by atoms with E-state index in [-0.39, 0.29) is 23.7 Å². The average Bonchev–Trinajstić information content (AvgIpc) is 2.45. The Kier molecular flexibility index (Phi) is 4.49. The fourth-order valence-electron chi connectivity index (χ4n) is 2.88. The van der Waals surface area contributed by atoms with Crippen molar-refractivity contribution in [3.63, 3.8) is 0 Å². The van der Waals surface area contributed by atoms with Crippen LogP contribution in [0.4, 0.5) is 0 Å². The lowest BCUT2D eigenvalue weighted by molar-refractivity contribution is -0.122. The minimum Gasteiger partial charge on any atom is -0.507 e. The lowest BCUT2D eigenvalue weighted by Crippen LogP contribution is -2.44. The Bertz CT molecular complexity index is 654. The molecule has 2 heterocycles. The molecule has 0 fully saturated rings. The Morgan fingerprint density at radius 2 is 2.18 bits per heavy atom. The Morgan fingerprint density at radius 1 is 1.55 bits per heavy atom. The largest absolute Gasteiger partial charge is 0.507 e. The molecule has 1 aliphatic rings. The molecule has 122 valence electrons. The maximum atomic E-state index is 11.8. The summed E-state index contributed by atoms with van der Waals surface area (Å²) in [4.78, 5) is 11.8. The number of hydrogen-bond donors (Lipinski definition) is 2. The van der Waals surface area contributed by atoms with Gasteiger partial charge in [0.2, 0.25) is 0 Å². The third-order valence-corrected chi connectivity index (χ3v) is 4.39. The first-order chi connectivity index (χ1) is 10.2. The van der Waals surface area contributed by atoms with Crippen LogP contribution in [0.1, 0.15) is 51.0 Å². The highest BCUT2D eigenvalue weighted by atomic mass is 16.6. The Morgan fingerprint density at radius 3 is 2.77 bits per heavy atom. The van der Waals surface area contributed by atoms with Gasteiger partial charge in [0.25, 0.3) is 0 Å². The molecule has 22 heavy (non-hydrogen) atoms. The van der Waals surface area contributed by atoms with Gasteiger partial charge >= 0.3 is 5.63 Å². The summed E-state index contributed by atoms with van der Waals surface area (Å²) in [5.74, 6) is 0.293. The van der Waals surface area contributed by atoms with Crippen LogP contribution in [0.5, 0.6) is 5.75 Å². The smallest absolute Gasteiger partial charge is 0.342 e. The van der Waals surface area contributed by atoms with Crippen LogP contribution in [-0.4, -0.2) is 16.3 Å². The fourth-order valence-corrected chi connectivity index (χ4v) is 2.88. The minimum absolute atomic E-state index is 0.0914. The van der Waals surface area contributed by atoms with Crippen molar-refractivity contribution in [2.24, 2.45) is 5.92 Å². The summed E-state index contributed by atoms with van der Waals surface area (Å²) >= 11 is 0. The summed E-state index contributed by atoms with van der Waals surface area (Å²) in [5.41, 5.74) is -0.794. The molecular formula is C17H24O5. The first kappa shape index (κ1) is 16.8. The molecular weight excluding hydrogens is 290 g/mol. The molecule has 0 aromatic carbocycles. The van der Waals surface area contributed by atoms with E-state index in [1.807, 2.05) is 6.92 Å². The Hall–Kier alpha value is -1.59. The standard InChI is InChI=1S/C17H24O5/c1-6-9(2)7-10(3)14-17(5,20)15-12(8-21-14)13(18)11(4)16(19)22-15/h7,9,14,18,20H,6,8H2,1-5H3/b10-7+/t9-,14+,17-/m0/s1/i1+1,9+1,10+1,11+1,12+1,17+1. The quantitative estimate of drug-likeness (QED) is 0.662. The molecule has 1 aromatic heterocycles. The van der Waals surface area contributed by atoms with Crippen LogP contribution in [-0.2, 0) is 16.9 Å². The molecule has 2 N–H and O–H groups in total. The monoisotopic (exact) mass is 314 g/mol. The molecule has 2 rings (SSSR count). The van der Waals surface area contributed by atoms with E-state index in [9.17, 15) is 15.0 Å². The third kappa shape index (κ3) is 2.71. The number of aromatic hydroxyl groups is 1. The topological polar surface area (TPSA) is 79.9 Å². The molecule has 3 atom stereocenters. The second-order valence-corrected chi connectivity index (χ2v) is 6.31. The predicted molar refractivity (Wildman–Crippen MR) is 82.7 cm³/mol. The van der Waals surface area contributed by atoms with Crippen molar-refractivity contribution < 1.29 is 19.4 Å². The van der Waals surface area contributed by atoms with Gasteiger partial charge in [0.15, 0.2) is 5.76 Å². The van der Waals surface area contributed by atoms with Crippen LogP contribution in [0.25, 0.3) is 0 Å². The van der Waals surface area contributed by atoms with E-state index in [1.54, 1.807) is 6.92 Å². The van der Waals surface area contributed by atoms with Gasteiger partial charge in [-0.15, -0.1) is 0 Å². The van der Waals surface area contributed by atoms with Gasteiger partial charge in [-0.25, -0.2) is 4.79 Å². The van der Waals surface area contributed by atoms with Gasteiger partial charge in [0.05, 0.1) is 17.7 Å². The van der Waals surface area contributed by atoms with Crippen LogP contribution in [0.15, 0.2) is 20.9 Å². The van der Waals surface area contributed by atoms with Crippen LogP contribution in [0.2, 0.25) is 0 Å². The summed E-state index contributed by atoms with van der Waals surface area (Å²) in [6, 6.07) is 0. The van der Waals surface area contributed by atoms with Crippen LogP contribution >= 0.6 is 0 Å². The number of rotatable bonds is 3. The van der Waals surface area contributed by atoms with E-state index in [0.717, 1.165) is 12.0 Å². The van der Waals surface area contributed by atoms with Gasteiger partial charge in [-0.3, -0.25) is 0 Å². The number of hydrogen-bond acceptors (Lipinski definition) is 5. The van der Waals surface area contributed by atoms with E-state index in [1.165, 1.54) is 6.92 Å². The molecule has 0 saturated carbocycles. The van der Waals surface area contributed by atoms with Crippen molar-refractivity contribution in [3.05, 3.63) is 39.0 Å². The molecule has 1 aliphatic heterocycles. The first-order valence-corrected chi connectivity index (χ1v) is 7.58. The zero-order chi connectivity index (χ0) is 16.7. The summed E-state index contributed by atoms with van der Waals surface area (Å²) in [5, 5.41) is 21.0. The van der Waals surface area contributed by atoms with Gasteiger partial charge in [-0.1, -0.05) is 26.3 Å².